The van der Waals surface area contributed by atoms with Gasteiger partial charge < -0.3 is 14.6 Å². The Kier molecular flexibility index (Phi) is 4.57. The van der Waals surface area contributed by atoms with Crippen LogP contribution >= 0.6 is 0 Å². The lowest BCUT2D eigenvalue weighted by Gasteiger charge is -2.46. The molecule has 0 radical (unpaired) electrons. The SMILES string of the molecule is CN(Cc1ccco1)C(=O)CN1CC(N2CCNCC2)C1. The molecule has 1 aromatic heterocycles. The first kappa shape index (κ1) is 14.6. The van der Waals surface area contributed by atoms with E-state index in [1.165, 1.54) is 0 Å². The third-order valence-corrected chi connectivity index (χ3v) is 4.36. The molecule has 6 heteroatoms. The lowest BCUT2D eigenvalue weighted by Crippen LogP contribution is -2.63. The fourth-order valence-electron chi connectivity index (χ4n) is 2.99. The lowest BCUT2D eigenvalue weighted by molar-refractivity contribution is -0.133. The zero-order chi connectivity index (χ0) is 14.7. The predicted molar refractivity (Wildman–Crippen MR) is 79.9 cm³/mol. The maximum Gasteiger partial charge on any atom is 0.236 e. The Morgan fingerprint density at radius 1 is 1.43 bits per heavy atom. The summed E-state index contributed by atoms with van der Waals surface area (Å²) >= 11 is 0. The van der Waals surface area contributed by atoms with Gasteiger partial charge >= 0.3 is 0 Å². The smallest absolute Gasteiger partial charge is 0.236 e. The molecule has 1 N–H and O–H groups in total. The number of likely N-dealkylation sites (tertiary alicyclic amines) is 1. The van der Waals surface area contributed by atoms with Crippen LogP contribution in [0.5, 0.6) is 0 Å². The summed E-state index contributed by atoms with van der Waals surface area (Å²) in [5.74, 6) is 0.985. The zero-order valence-corrected chi connectivity index (χ0v) is 12.6. The molecule has 2 aliphatic rings. The first-order valence-electron chi connectivity index (χ1n) is 7.66. The Bertz CT molecular complexity index is 450. The Morgan fingerprint density at radius 3 is 2.86 bits per heavy atom. The molecular formula is C15H24N4O2. The number of nitrogens with zero attached hydrogens (tertiary/aromatic N) is 3. The number of hydrogen-bond donors (Lipinski definition) is 1. The van der Waals surface area contributed by atoms with Gasteiger partial charge in [-0.1, -0.05) is 0 Å². The summed E-state index contributed by atoms with van der Waals surface area (Å²) in [5, 5.41) is 3.37. The Hall–Kier alpha value is -1.37. The molecular weight excluding hydrogens is 268 g/mol. The number of rotatable bonds is 5. The minimum absolute atomic E-state index is 0.158. The summed E-state index contributed by atoms with van der Waals surface area (Å²) in [6.07, 6.45) is 1.64. The molecule has 3 rings (SSSR count). The lowest BCUT2D eigenvalue weighted by atomic mass is 10.1. The van der Waals surface area contributed by atoms with Crippen molar-refractivity contribution in [3.8, 4) is 0 Å². The van der Waals surface area contributed by atoms with E-state index in [0.29, 0.717) is 19.1 Å². The topological polar surface area (TPSA) is 52.0 Å². The van der Waals surface area contributed by atoms with Crippen molar-refractivity contribution in [3.05, 3.63) is 24.2 Å². The molecule has 3 heterocycles. The van der Waals surface area contributed by atoms with Crippen LogP contribution in [-0.2, 0) is 11.3 Å². The van der Waals surface area contributed by atoms with E-state index in [1.807, 2.05) is 19.2 Å². The van der Waals surface area contributed by atoms with Crippen LogP contribution < -0.4 is 5.32 Å². The van der Waals surface area contributed by atoms with Gasteiger partial charge in [0, 0.05) is 52.4 Å². The molecule has 2 aliphatic heterocycles. The molecule has 1 amide bonds. The number of carbonyl (C=O) groups is 1. The minimum atomic E-state index is 0.158. The van der Waals surface area contributed by atoms with Crippen molar-refractivity contribution in [3.63, 3.8) is 0 Å². The first-order chi connectivity index (χ1) is 10.2. The van der Waals surface area contributed by atoms with E-state index < -0.39 is 0 Å². The molecule has 0 bridgehead atoms. The Morgan fingerprint density at radius 2 is 2.19 bits per heavy atom. The van der Waals surface area contributed by atoms with E-state index in [9.17, 15) is 4.79 Å². The van der Waals surface area contributed by atoms with E-state index in [1.54, 1.807) is 11.2 Å². The molecule has 0 saturated carbocycles. The second kappa shape index (κ2) is 6.60. The van der Waals surface area contributed by atoms with Gasteiger partial charge in [-0.05, 0) is 12.1 Å². The normalized spacial score (nSPS) is 21.2. The molecule has 0 spiro atoms. The molecule has 21 heavy (non-hydrogen) atoms. The molecule has 0 aromatic carbocycles. The summed E-state index contributed by atoms with van der Waals surface area (Å²) in [6.45, 7) is 7.51. The molecule has 0 atom stereocenters. The molecule has 0 aliphatic carbocycles. The standard InChI is InChI=1S/C15H24N4O2/c1-17(11-14-3-2-8-21-14)15(20)12-18-9-13(10-18)19-6-4-16-5-7-19/h2-3,8,13,16H,4-7,9-12H2,1H3. The molecule has 116 valence electrons. The Balaban J connectivity index is 1.38. The van der Waals surface area contributed by atoms with E-state index >= 15 is 0 Å². The molecule has 2 fully saturated rings. The number of nitrogens with one attached hydrogen (secondary N) is 1. The van der Waals surface area contributed by atoms with Gasteiger partial charge in [0.25, 0.3) is 0 Å². The average Bonchev–Trinajstić information content (AvgIpc) is 2.96. The van der Waals surface area contributed by atoms with Crippen molar-refractivity contribution >= 4 is 5.91 Å². The summed E-state index contributed by atoms with van der Waals surface area (Å²) in [6, 6.07) is 4.38. The van der Waals surface area contributed by atoms with E-state index in [4.69, 9.17) is 4.42 Å². The van der Waals surface area contributed by atoms with Gasteiger partial charge in [0.1, 0.15) is 5.76 Å². The summed E-state index contributed by atoms with van der Waals surface area (Å²) in [5.41, 5.74) is 0. The van der Waals surface area contributed by atoms with Gasteiger partial charge in [0.15, 0.2) is 0 Å². The fourth-order valence-corrected chi connectivity index (χ4v) is 2.99. The van der Waals surface area contributed by atoms with E-state index in [2.05, 4.69) is 15.1 Å². The van der Waals surface area contributed by atoms with Gasteiger partial charge in [0.2, 0.25) is 5.91 Å². The highest BCUT2D eigenvalue weighted by Crippen LogP contribution is 2.15. The largest absolute Gasteiger partial charge is 0.467 e. The van der Waals surface area contributed by atoms with Crippen molar-refractivity contribution in [1.82, 2.24) is 20.0 Å². The van der Waals surface area contributed by atoms with Crippen LogP contribution in [0.4, 0.5) is 0 Å². The van der Waals surface area contributed by atoms with Crippen LogP contribution in [0.15, 0.2) is 22.8 Å². The molecule has 2 saturated heterocycles. The van der Waals surface area contributed by atoms with Gasteiger partial charge in [-0.2, -0.15) is 0 Å². The second-order valence-electron chi connectivity index (χ2n) is 5.96. The third-order valence-electron chi connectivity index (χ3n) is 4.36. The summed E-state index contributed by atoms with van der Waals surface area (Å²) < 4.78 is 5.28. The van der Waals surface area contributed by atoms with Crippen LogP contribution in [0.2, 0.25) is 0 Å². The summed E-state index contributed by atoms with van der Waals surface area (Å²) in [7, 11) is 1.83. The first-order valence-corrected chi connectivity index (χ1v) is 7.66. The second-order valence-corrected chi connectivity index (χ2v) is 5.96. The van der Waals surface area contributed by atoms with Crippen molar-refractivity contribution in [2.45, 2.75) is 12.6 Å². The maximum atomic E-state index is 12.2. The van der Waals surface area contributed by atoms with Crippen LogP contribution in [0.25, 0.3) is 0 Å². The zero-order valence-electron chi connectivity index (χ0n) is 12.6. The number of amides is 1. The highest BCUT2D eigenvalue weighted by molar-refractivity contribution is 5.78. The van der Waals surface area contributed by atoms with Gasteiger partial charge in [0.05, 0.1) is 19.4 Å². The van der Waals surface area contributed by atoms with Crippen molar-refractivity contribution in [2.24, 2.45) is 0 Å². The van der Waals surface area contributed by atoms with Gasteiger partial charge in [-0.3, -0.25) is 14.6 Å². The van der Waals surface area contributed by atoms with Crippen molar-refractivity contribution in [1.29, 1.82) is 0 Å². The fraction of sp³-hybridized carbons (Fsp3) is 0.667. The molecule has 1 aromatic rings. The Labute approximate surface area is 125 Å². The summed E-state index contributed by atoms with van der Waals surface area (Å²) in [4.78, 5) is 18.7. The van der Waals surface area contributed by atoms with E-state index in [0.717, 1.165) is 45.0 Å². The number of piperazine rings is 1. The number of likely N-dealkylation sites (N-methyl/N-ethyl adjacent to an activating group) is 1. The van der Waals surface area contributed by atoms with Crippen LogP contribution in [-0.4, -0.2) is 79.5 Å². The third kappa shape index (κ3) is 3.64. The van der Waals surface area contributed by atoms with Crippen LogP contribution in [0.3, 0.4) is 0 Å². The van der Waals surface area contributed by atoms with Gasteiger partial charge in [-0.15, -0.1) is 0 Å². The number of furan rings is 1. The highest BCUT2D eigenvalue weighted by atomic mass is 16.3. The maximum absolute atomic E-state index is 12.2. The van der Waals surface area contributed by atoms with E-state index in [-0.39, 0.29) is 5.91 Å². The highest BCUT2D eigenvalue weighted by Gasteiger charge is 2.33. The van der Waals surface area contributed by atoms with Crippen LogP contribution in [0, 0.1) is 0 Å². The molecule has 6 nitrogen and oxygen atoms in total. The number of carbonyl (C=O) groups excluding carboxylic acids is 1. The average molecular weight is 292 g/mol. The minimum Gasteiger partial charge on any atom is -0.467 e. The van der Waals surface area contributed by atoms with Crippen molar-refractivity contribution < 1.29 is 9.21 Å². The van der Waals surface area contributed by atoms with Gasteiger partial charge in [-0.25, -0.2) is 0 Å². The molecule has 0 unspecified atom stereocenters. The monoisotopic (exact) mass is 292 g/mol. The quantitative estimate of drug-likeness (QED) is 0.816. The van der Waals surface area contributed by atoms with Crippen molar-refractivity contribution in [2.75, 3.05) is 52.9 Å². The predicted octanol–water partition coefficient (Wildman–Crippen LogP) is -0.173. The van der Waals surface area contributed by atoms with Crippen LogP contribution in [0.1, 0.15) is 5.76 Å². The number of hydrogen-bond acceptors (Lipinski definition) is 5.